The van der Waals surface area contributed by atoms with E-state index in [1.807, 2.05) is 6.20 Å². The molecule has 0 spiro atoms. The molecule has 0 aromatic carbocycles. The van der Waals surface area contributed by atoms with Gasteiger partial charge in [0.2, 0.25) is 0 Å². The van der Waals surface area contributed by atoms with Crippen molar-refractivity contribution in [3.8, 4) is 0 Å². The number of aromatic nitrogens is 1. The van der Waals surface area contributed by atoms with Gasteiger partial charge in [0, 0.05) is 16.9 Å². The Hall–Kier alpha value is -0.370. The zero-order valence-corrected chi connectivity index (χ0v) is 7.56. The molecule has 0 fully saturated rings. The lowest BCUT2D eigenvalue weighted by molar-refractivity contribution is 0.912. The summed E-state index contributed by atoms with van der Waals surface area (Å²) in [6, 6.07) is 2.11. The smallest absolute Gasteiger partial charge is 0.0410 e. The summed E-state index contributed by atoms with van der Waals surface area (Å²) in [4.78, 5) is 4.06. The van der Waals surface area contributed by atoms with Crippen molar-refractivity contribution in [1.29, 1.82) is 0 Å². The Morgan fingerprint density at radius 1 is 1.50 bits per heavy atom. The van der Waals surface area contributed by atoms with E-state index < -0.39 is 0 Å². The molecule has 1 rings (SSSR count). The van der Waals surface area contributed by atoms with Gasteiger partial charge in [-0.15, -0.1) is 0 Å². The van der Waals surface area contributed by atoms with E-state index in [0.29, 0.717) is 0 Å². The average molecular weight is 200 g/mol. The average Bonchev–Trinajstić information content (AvgIpc) is 1.88. The Labute approximate surface area is 69.6 Å². The molecule has 1 aromatic rings. The number of halogens is 1. The predicted octanol–water partition coefficient (Wildman–Crippen LogP) is 2.80. The zero-order chi connectivity index (χ0) is 7.40. The molecule has 54 valence electrons. The van der Waals surface area contributed by atoms with Crippen LogP contribution in [0.1, 0.15) is 18.9 Å². The van der Waals surface area contributed by atoms with Crippen molar-refractivity contribution in [3.05, 3.63) is 28.5 Å². The van der Waals surface area contributed by atoms with Crippen LogP contribution in [0.5, 0.6) is 0 Å². The van der Waals surface area contributed by atoms with Gasteiger partial charge < -0.3 is 0 Å². The third-order valence-corrected chi connectivity index (χ3v) is 1.73. The van der Waals surface area contributed by atoms with E-state index in [4.69, 9.17) is 0 Å². The van der Waals surface area contributed by atoms with Gasteiger partial charge in [0.05, 0.1) is 0 Å². The van der Waals surface area contributed by atoms with Crippen molar-refractivity contribution in [2.24, 2.45) is 0 Å². The number of hydrogen-bond donors (Lipinski definition) is 0. The van der Waals surface area contributed by atoms with E-state index in [0.717, 1.165) is 10.9 Å². The maximum Gasteiger partial charge on any atom is 0.0410 e. The quantitative estimate of drug-likeness (QED) is 0.715. The predicted molar refractivity (Wildman–Crippen MR) is 45.9 cm³/mol. The SMILES string of the molecule is CCCc1cncc(Br)c1. The number of aryl methyl sites for hydroxylation is 1. The summed E-state index contributed by atoms with van der Waals surface area (Å²) in [5.41, 5.74) is 1.30. The number of hydrogen-bond acceptors (Lipinski definition) is 1. The van der Waals surface area contributed by atoms with Crippen LogP contribution >= 0.6 is 15.9 Å². The lowest BCUT2D eigenvalue weighted by Crippen LogP contribution is -1.83. The summed E-state index contributed by atoms with van der Waals surface area (Å²) in [7, 11) is 0. The first-order chi connectivity index (χ1) is 4.83. The summed E-state index contributed by atoms with van der Waals surface area (Å²) >= 11 is 3.37. The molecular weight excluding hydrogens is 190 g/mol. The highest BCUT2D eigenvalue weighted by atomic mass is 79.9. The molecule has 0 radical (unpaired) electrons. The van der Waals surface area contributed by atoms with E-state index in [2.05, 4.69) is 33.9 Å². The molecule has 10 heavy (non-hydrogen) atoms. The minimum Gasteiger partial charge on any atom is -0.263 e. The highest BCUT2D eigenvalue weighted by Crippen LogP contribution is 2.10. The van der Waals surface area contributed by atoms with Gasteiger partial charge in [-0.1, -0.05) is 13.3 Å². The first-order valence-corrected chi connectivity index (χ1v) is 4.21. The maximum atomic E-state index is 4.06. The molecule has 0 saturated carbocycles. The monoisotopic (exact) mass is 199 g/mol. The van der Waals surface area contributed by atoms with Crippen LogP contribution in [-0.4, -0.2) is 4.98 Å². The largest absolute Gasteiger partial charge is 0.263 e. The second kappa shape index (κ2) is 3.71. The minimum atomic E-state index is 1.07. The van der Waals surface area contributed by atoms with Crippen LogP contribution in [0, 0.1) is 0 Å². The van der Waals surface area contributed by atoms with E-state index in [1.54, 1.807) is 6.20 Å². The fourth-order valence-electron chi connectivity index (χ4n) is 0.881. The van der Waals surface area contributed by atoms with Crippen LogP contribution in [0.2, 0.25) is 0 Å². The zero-order valence-electron chi connectivity index (χ0n) is 5.97. The van der Waals surface area contributed by atoms with E-state index in [9.17, 15) is 0 Å². The van der Waals surface area contributed by atoms with Gasteiger partial charge in [0.15, 0.2) is 0 Å². The molecule has 0 bridgehead atoms. The summed E-state index contributed by atoms with van der Waals surface area (Å²) in [6.45, 7) is 2.17. The molecule has 0 aliphatic carbocycles. The standard InChI is InChI=1S/C8H10BrN/c1-2-3-7-4-8(9)6-10-5-7/h4-6H,2-3H2,1H3. The molecule has 1 heterocycles. The summed E-state index contributed by atoms with van der Waals surface area (Å²) in [5.74, 6) is 0. The Morgan fingerprint density at radius 2 is 2.30 bits per heavy atom. The molecule has 0 N–H and O–H groups in total. The van der Waals surface area contributed by atoms with E-state index in [-0.39, 0.29) is 0 Å². The van der Waals surface area contributed by atoms with Gasteiger partial charge in [-0.05, 0) is 34.0 Å². The fourth-order valence-corrected chi connectivity index (χ4v) is 1.29. The van der Waals surface area contributed by atoms with Gasteiger partial charge in [-0.2, -0.15) is 0 Å². The van der Waals surface area contributed by atoms with Crippen LogP contribution in [0.15, 0.2) is 22.9 Å². The third kappa shape index (κ3) is 2.10. The van der Waals surface area contributed by atoms with E-state index in [1.165, 1.54) is 12.0 Å². The van der Waals surface area contributed by atoms with E-state index >= 15 is 0 Å². The Kier molecular flexibility index (Phi) is 2.87. The summed E-state index contributed by atoms with van der Waals surface area (Å²) in [5, 5.41) is 0. The molecule has 1 nitrogen and oxygen atoms in total. The topological polar surface area (TPSA) is 12.9 Å². The summed E-state index contributed by atoms with van der Waals surface area (Å²) < 4.78 is 1.07. The van der Waals surface area contributed by atoms with Gasteiger partial charge in [0.25, 0.3) is 0 Å². The molecule has 0 saturated heterocycles. The van der Waals surface area contributed by atoms with Crippen molar-refractivity contribution in [2.75, 3.05) is 0 Å². The fraction of sp³-hybridized carbons (Fsp3) is 0.375. The normalized spacial score (nSPS) is 9.80. The first-order valence-electron chi connectivity index (χ1n) is 3.42. The molecule has 1 aromatic heterocycles. The highest BCUT2D eigenvalue weighted by molar-refractivity contribution is 9.10. The highest BCUT2D eigenvalue weighted by Gasteiger charge is 1.91. The Morgan fingerprint density at radius 3 is 2.90 bits per heavy atom. The number of rotatable bonds is 2. The number of pyridine rings is 1. The second-order valence-electron chi connectivity index (χ2n) is 2.26. The Balaban J connectivity index is 2.75. The lowest BCUT2D eigenvalue weighted by Gasteiger charge is -1.96. The van der Waals surface area contributed by atoms with Crippen molar-refractivity contribution < 1.29 is 0 Å². The van der Waals surface area contributed by atoms with Crippen LogP contribution in [0.4, 0.5) is 0 Å². The molecular formula is C8H10BrN. The van der Waals surface area contributed by atoms with Crippen molar-refractivity contribution >= 4 is 15.9 Å². The Bertz CT molecular complexity index is 210. The van der Waals surface area contributed by atoms with Gasteiger partial charge in [0.1, 0.15) is 0 Å². The van der Waals surface area contributed by atoms with Gasteiger partial charge >= 0.3 is 0 Å². The second-order valence-corrected chi connectivity index (χ2v) is 3.18. The molecule has 2 heteroatoms. The lowest BCUT2D eigenvalue weighted by atomic mass is 10.2. The van der Waals surface area contributed by atoms with Crippen LogP contribution < -0.4 is 0 Å². The van der Waals surface area contributed by atoms with Crippen molar-refractivity contribution in [1.82, 2.24) is 4.98 Å². The maximum absolute atomic E-state index is 4.06. The first kappa shape index (κ1) is 7.73. The molecule has 0 amide bonds. The molecule has 0 atom stereocenters. The van der Waals surface area contributed by atoms with Crippen LogP contribution in [0.25, 0.3) is 0 Å². The van der Waals surface area contributed by atoms with Gasteiger partial charge in [-0.25, -0.2) is 0 Å². The van der Waals surface area contributed by atoms with Crippen LogP contribution in [0.3, 0.4) is 0 Å². The van der Waals surface area contributed by atoms with Gasteiger partial charge in [-0.3, -0.25) is 4.98 Å². The number of nitrogens with zero attached hydrogens (tertiary/aromatic N) is 1. The molecule has 0 unspecified atom stereocenters. The molecule has 0 aliphatic rings. The van der Waals surface area contributed by atoms with Crippen molar-refractivity contribution in [3.63, 3.8) is 0 Å². The van der Waals surface area contributed by atoms with Crippen molar-refractivity contribution in [2.45, 2.75) is 19.8 Å². The molecule has 0 aliphatic heterocycles. The minimum absolute atomic E-state index is 1.07. The van der Waals surface area contributed by atoms with Crippen LogP contribution in [-0.2, 0) is 6.42 Å². The third-order valence-electron chi connectivity index (χ3n) is 1.30. The summed E-state index contributed by atoms with van der Waals surface area (Å²) in [6.07, 6.45) is 6.01.